The Kier molecular flexibility index (Phi) is 3.26. The van der Waals surface area contributed by atoms with Crippen LogP contribution in [0.5, 0.6) is 0 Å². The first-order chi connectivity index (χ1) is 9.54. The van der Waals surface area contributed by atoms with Crippen molar-refractivity contribution in [2.75, 3.05) is 19.6 Å². The molecule has 106 valence electrons. The number of hydrogen-bond acceptors (Lipinski definition) is 3. The van der Waals surface area contributed by atoms with E-state index >= 15 is 0 Å². The lowest BCUT2D eigenvalue weighted by molar-refractivity contribution is 0.0679. The van der Waals surface area contributed by atoms with Crippen LogP contribution < -0.4 is 5.32 Å². The van der Waals surface area contributed by atoms with Gasteiger partial charge >= 0.3 is 0 Å². The highest BCUT2D eigenvalue weighted by Crippen LogP contribution is 2.24. The third-order valence-corrected chi connectivity index (χ3v) is 4.00. The van der Waals surface area contributed by atoms with Gasteiger partial charge in [0.1, 0.15) is 5.58 Å². The molecule has 1 aromatic heterocycles. The Morgan fingerprint density at radius 1 is 1.30 bits per heavy atom. The molecule has 1 fully saturated rings. The third-order valence-electron chi connectivity index (χ3n) is 4.00. The molecule has 0 bridgehead atoms. The van der Waals surface area contributed by atoms with Crippen molar-refractivity contribution in [2.24, 2.45) is 0 Å². The molecule has 0 saturated carbocycles. The molecule has 1 unspecified atom stereocenters. The van der Waals surface area contributed by atoms with Gasteiger partial charge in [-0.1, -0.05) is 0 Å². The number of amides is 1. The van der Waals surface area contributed by atoms with Crippen LogP contribution in [-0.4, -0.2) is 36.5 Å². The highest BCUT2D eigenvalue weighted by atomic mass is 16.3. The Labute approximate surface area is 118 Å². The molecule has 1 aliphatic rings. The number of hydrogen-bond donors (Lipinski definition) is 1. The molecule has 4 nitrogen and oxygen atoms in total. The SMILES string of the molecule is Cc1cc2cc(C(=O)N3CCNC(C)C3)oc2cc1C. The normalized spacial score (nSPS) is 19.6. The fourth-order valence-corrected chi connectivity index (χ4v) is 2.68. The average molecular weight is 272 g/mol. The van der Waals surface area contributed by atoms with Crippen LogP contribution in [0, 0.1) is 13.8 Å². The standard InChI is InChI=1S/C16H20N2O2/c1-10-6-13-8-15(20-14(13)7-11(10)2)16(19)18-5-4-17-12(3)9-18/h6-8,12,17H,4-5,9H2,1-3H3. The third kappa shape index (κ3) is 2.31. The van der Waals surface area contributed by atoms with Crippen LogP contribution in [0.2, 0.25) is 0 Å². The topological polar surface area (TPSA) is 45.5 Å². The minimum Gasteiger partial charge on any atom is -0.451 e. The van der Waals surface area contributed by atoms with Gasteiger partial charge in [0.15, 0.2) is 5.76 Å². The quantitative estimate of drug-likeness (QED) is 0.867. The Balaban J connectivity index is 1.91. The van der Waals surface area contributed by atoms with Gasteiger partial charge in [0.2, 0.25) is 0 Å². The molecule has 0 radical (unpaired) electrons. The van der Waals surface area contributed by atoms with E-state index in [1.165, 1.54) is 11.1 Å². The second kappa shape index (κ2) is 4.94. The Bertz CT molecular complexity index is 621. The van der Waals surface area contributed by atoms with Crippen LogP contribution in [0.4, 0.5) is 0 Å². The van der Waals surface area contributed by atoms with Crippen molar-refractivity contribution in [2.45, 2.75) is 26.8 Å². The molecule has 4 heteroatoms. The highest BCUT2D eigenvalue weighted by Gasteiger charge is 2.24. The van der Waals surface area contributed by atoms with E-state index in [0.29, 0.717) is 11.8 Å². The first-order valence-corrected chi connectivity index (χ1v) is 7.08. The monoisotopic (exact) mass is 272 g/mol. The number of nitrogens with one attached hydrogen (secondary N) is 1. The summed E-state index contributed by atoms with van der Waals surface area (Å²) in [5.41, 5.74) is 3.19. The van der Waals surface area contributed by atoms with Gasteiger partial charge in [-0.2, -0.15) is 0 Å². The zero-order chi connectivity index (χ0) is 14.3. The molecule has 1 aromatic carbocycles. The molecule has 1 aliphatic heterocycles. The molecule has 1 atom stereocenters. The van der Waals surface area contributed by atoms with E-state index in [-0.39, 0.29) is 5.91 Å². The second-order valence-corrected chi connectivity index (χ2v) is 5.69. The summed E-state index contributed by atoms with van der Waals surface area (Å²) in [6, 6.07) is 6.27. The average Bonchev–Trinajstić information content (AvgIpc) is 2.81. The molecule has 2 heterocycles. The van der Waals surface area contributed by atoms with Crippen molar-refractivity contribution in [3.05, 3.63) is 35.1 Å². The van der Waals surface area contributed by atoms with Crippen molar-refractivity contribution in [1.82, 2.24) is 10.2 Å². The van der Waals surface area contributed by atoms with Gasteiger partial charge in [-0.3, -0.25) is 4.79 Å². The van der Waals surface area contributed by atoms with Crippen molar-refractivity contribution >= 4 is 16.9 Å². The number of carbonyl (C=O) groups excluding carboxylic acids is 1. The van der Waals surface area contributed by atoms with E-state index in [4.69, 9.17) is 4.42 Å². The Hall–Kier alpha value is -1.81. The molecule has 1 saturated heterocycles. The molecule has 2 aromatic rings. The molecule has 3 rings (SSSR count). The van der Waals surface area contributed by atoms with E-state index < -0.39 is 0 Å². The smallest absolute Gasteiger partial charge is 0.289 e. The number of rotatable bonds is 1. The molecule has 0 aliphatic carbocycles. The predicted molar refractivity (Wildman–Crippen MR) is 79.1 cm³/mol. The summed E-state index contributed by atoms with van der Waals surface area (Å²) >= 11 is 0. The van der Waals surface area contributed by atoms with Gasteiger partial charge in [-0.05, 0) is 50.1 Å². The summed E-state index contributed by atoms with van der Waals surface area (Å²) < 4.78 is 5.74. The van der Waals surface area contributed by atoms with Crippen LogP contribution in [-0.2, 0) is 0 Å². The molecule has 20 heavy (non-hydrogen) atoms. The van der Waals surface area contributed by atoms with Crippen LogP contribution in [0.25, 0.3) is 11.0 Å². The lowest BCUT2D eigenvalue weighted by Crippen LogP contribution is -2.51. The fraction of sp³-hybridized carbons (Fsp3) is 0.438. The number of nitrogens with zero attached hydrogens (tertiary/aromatic N) is 1. The second-order valence-electron chi connectivity index (χ2n) is 5.69. The molecular weight excluding hydrogens is 252 g/mol. The minimum absolute atomic E-state index is 0.00939. The van der Waals surface area contributed by atoms with Crippen molar-refractivity contribution in [3.63, 3.8) is 0 Å². The maximum Gasteiger partial charge on any atom is 0.289 e. The first-order valence-electron chi connectivity index (χ1n) is 7.08. The lowest BCUT2D eigenvalue weighted by Gasteiger charge is -2.31. The summed E-state index contributed by atoms with van der Waals surface area (Å²) in [5, 5.41) is 4.33. The summed E-state index contributed by atoms with van der Waals surface area (Å²) in [7, 11) is 0. The van der Waals surface area contributed by atoms with Crippen LogP contribution in [0.3, 0.4) is 0 Å². The number of piperazine rings is 1. The van der Waals surface area contributed by atoms with Crippen molar-refractivity contribution in [3.8, 4) is 0 Å². The van der Waals surface area contributed by atoms with Gasteiger partial charge in [0, 0.05) is 31.1 Å². The zero-order valence-corrected chi connectivity index (χ0v) is 12.2. The Morgan fingerprint density at radius 2 is 2.05 bits per heavy atom. The number of fused-ring (bicyclic) bond motifs is 1. The number of aryl methyl sites for hydroxylation is 2. The van der Waals surface area contributed by atoms with Crippen molar-refractivity contribution in [1.29, 1.82) is 0 Å². The summed E-state index contributed by atoms with van der Waals surface area (Å²) in [6.07, 6.45) is 0. The fourth-order valence-electron chi connectivity index (χ4n) is 2.68. The molecule has 0 spiro atoms. The summed E-state index contributed by atoms with van der Waals surface area (Å²) in [4.78, 5) is 14.3. The molecule has 1 N–H and O–H groups in total. The van der Waals surface area contributed by atoms with Gasteiger partial charge in [0.25, 0.3) is 5.91 Å². The summed E-state index contributed by atoms with van der Waals surface area (Å²) in [5.74, 6) is 0.434. The number of furan rings is 1. The maximum absolute atomic E-state index is 12.5. The predicted octanol–water partition coefficient (Wildman–Crippen LogP) is 2.48. The largest absolute Gasteiger partial charge is 0.451 e. The van der Waals surface area contributed by atoms with E-state index in [0.717, 1.165) is 30.6 Å². The van der Waals surface area contributed by atoms with Gasteiger partial charge < -0.3 is 14.6 Å². The van der Waals surface area contributed by atoms with Gasteiger partial charge in [-0.15, -0.1) is 0 Å². The van der Waals surface area contributed by atoms with Crippen molar-refractivity contribution < 1.29 is 9.21 Å². The Morgan fingerprint density at radius 3 is 2.80 bits per heavy atom. The lowest BCUT2D eigenvalue weighted by atomic mass is 10.1. The number of benzene rings is 1. The van der Waals surface area contributed by atoms with Gasteiger partial charge in [-0.25, -0.2) is 0 Å². The minimum atomic E-state index is -0.00939. The van der Waals surface area contributed by atoms with Crippen LogP contribution in [0.1, 0.15) is 28.6 Å². The summed E-state index contributed by atoms with van der Waals surface area (Å²) in [6.45, 7) is 8.51. The van der Waals surface area contributed by atoms with E-state index in [1.807, 2.05) is 17.0 Å². The van der Waals surface area contributed by atoms with E-state index in [9.17, 15) is 4.79 Å². The molecular formula is C16H20N2O2. The maximum atomic E-state index is 12.5. The van der Waals surface area contributed by atoms with Crippen LogP contribution >= 0.6 is 0 Å². The van der Waals surface area contributed by atoms with Crippen LogP contribution in [0.15, 0.2) is 22.6 Å². The highest BCUT2D eigenvalue weighted by molar-refractivity contribution is 5.96. The van der Waals surface area contributed by atoms with E-state index in [2.05, 4.69) is 32.2 Å². The first kappa shape index (κ1) is 13.2. The number of carbonyl (C=O) groups is 1. The van der Waals surface area contributed by atoms with E-state index in [1.54, 1.807) is 0 Å². The zero-order valence-electron chi connectivity index (χ0n) is 12.2. The molecule has 1 amide bonds. The van der Waals surface area contributed by atoms with Gasteiger partial charge in [0.05, 0.1) is 0 Å².